The molecule has 1 aromatic carbocycles. The van der Waals surface area contributed by atoms with Gasteiger partial charge in [-0.3, -0.25) is 23.8 Å². The third kappa shape index (κ3) is 5.21. The molecular formula is C18H16N6O8S3. The molecule has 0 spiro atoms. The summed E-state index contributed by atoms with van der Waals surface area (Å²) < 4.78 is 32.0. The lowest BCUT2D eigenvalue weighted by Crippen LogP contribution is -2.71. The predicted molar refractivity (Wildman–Crippen MR) is 121 cm³/mol. The number of benzene rings is 1. The maximum absolute atomic E-state index is 12.7. The van der Waals surface area contributed by atoms with Crippen molar-refractivity contribution in [2.45, 2.75) is 22.4 Å². The number of β-lactam (4-membered cyclic amide) rings is 1. The van der Waals surface area contributed by atoms with Gasteiger partial charge in [0.05, 0.1) is 0 Å². The summed E-state index contributed by atoms with van der Waals surface area (Å²) >= 11 is 2.13. The van der Waals surface area contributed by atoms with Crippen LogP contribution in [-0.4, -0.2) is 89.7 Å². The number of ketones is 1. The summed E-state index contributed by atoms with van der Waals surface area (Å²) in [7, 11) is -4.41. The first-order valence-corrected chi connectivity index (χ1v) is 13.4. The second kappa shape index (κ2) is 9.76. The minimum atomic E-state index is -4.41. The van der Waals surface area contributed by atoms with Crippen LogP contribution in [0.2, 0.25) is 0 Å². The predicted octanol–water partition coefficient (Wildman–Crippen LogP) is -0.768. The molecule has 2 aromatic rings. The number of carboxylic acid groups (broad SMARTS) is 1. The maximum atomic E-state index is 12.7. The number of fused-ring (bicyclic) bond motifs is 1. The molecule has 2 aliphatic rings. The molecule has 1 saturated heterocycles. The number of Topliss-reactive ketones (excluding diaryl/α,β-unsaturated/α-hetero) is 1. The lowest BCUT2D eigenvalue weighted by atomic mass is 10.0. The van der Waals surface area contributed by atoms with Crippen LogP contribution in [0.3, 0.4) is 0 Å². The molecule has 0 radical (unpaired) electrons. The third-order valence-electron chi connectivity index (χ3n) is 4.94. The summed E-state index contributed by atoms with van der Waals surface area (Å²) in [4.78, 5) is 50.4. The number of nitrogens with zero attached hydrogens (tertiary/aromatic N) is 5. The number of carboxylic acids is 1. The molecule has 0 bridgehead atoms. The van der Waals surface area contributed by atoms with Crippen LogP contribution in [0.15, 0.2) is 46.8 Å². The highest BCUT2D eigenvalue weighted by Crippen LogP contribution is 2.41. The van der Waals surface area contributed by atoms with E-state index < -0.39 is 51.0 Å². The first-order valence-electron chi connectivity index (χ1n) is 9.71. The Morgan fingerprint density at radius 2 is 1.94 bits per heavy atom. The van der Waals surface area contributed by atoms with E-state index in [-0.39, 0.29) is 27.9 Å². The maximum Gasteiger partial charge on any atom is 0.352 e. The fourth-order valence-electron chi connectivity index (χ4n) is 3.41. The molecule has 0 saturated carbocycles. The Morgan fingerprint density at radius 3 is 2.60 bits per heavy atom. The van der Waals surface area contributed by atoms with Crippen LogP contribution in [0, 0.1) is 0 Å². The highest BCUT2D eigenvalue weighted by atomic mass is 32.2. The molecule has 0 unspecified atom stereocenters. The summed E-state index contributed by atoms with van der Waals surface area (Å²) in [6, 6.07) is 6.75. The average Bonchev–Trinajstić information content (AvgIpc) is 3.25. The highest BCUT2D eigenvalue weighted by molar-refractivity contribution is 8.01. The summed E-state index contributed by atoms with van der Waals surface area (Å²) in [5.74, 6) is -4.50. The largest absolute Gasteiger partial charge is 0.477 e. The second-order valence-corrected chi connectivity index (χ2v) is 10.7. The van der Waals surface area contributed by atoms with Crippen LogP contribution in [0.4, 0.5) is 0 Å². The Balaban J connectivity index is 1.46. The molecule has 2 amide bonds. The quantitative estimate of drug-likeness (QED) is 0.118. The molecule has 3 heterocycles. The van der Waals surface area contributed by atoms with Crippen molar-refractivity contribution >= 4 is 57.2 Å². The Morgan fingerprint density at radius 1 is 1.23 bits per heavy atom. The van der Waals surface area contributed by atoms with E-state index in [0.717, 1.165) is 21.3 Å². The SMILES string of the molecule is O=C(O)C1=C(CSc2nnnn2CS(=O)(=O)O)CS[C@@H]2[C@H](NC(=O)C(=O)c3ccccc3)C(=O)N12. The van der Waals surface area contributed by atoms with Crippen LogP contribution < -0.4 is 5.32 Å². The number of carbonyl (C=O) groups is 4. The summed E-state index contributed by atoms with van der Waals surface area (Å²) in [6.45, 7) is 0. The van der Waals surface area contributed by atoms with Crippen LogP contribution >= 0.6 is 23.5 Å². The minimum absolute atomic E-state index is 0.0144. The van der Waals surface area contributed by atoms with Crippen molar-refractivity contribution in [2.24, 2.45) is 0 Å². The molecule has 0 aliphatic carbocycles. The average molecular weight is 541 g/mol. The van der Waals surface area contributed by atoms with Crippen molar-refractivity contribution < 1.29 is 37.3 Å². The lowest BCUT2D eigenvalue weighted by Gasteiger charge is -2.49. The number of carbonyl (C=O) groups excluding carboxylic acids is 3. The molecule has 3 N–H and O–H groups in total. The van der Waals surface area contributed by atoms with Crippen molar-refractivity contribution in [1.82, 2.24) is 30.4 Å². The van der Waals surface area contributed by atoms with E-state index in [4.69, 9.17) is 4.55 Å². The smallest absolute Gasteiger partial charge is 0.352 e. The van der Waals surface area contributed by atoms with E-state index in [0.29, 0.717) is 5.57 Å². The van der Waals surface area contributed by atoms with Crippen LogP contribution in [0.5, 0.6) is 0 Å². The third-order valence-corrected chi connectivity index (χ3v) is 7.89. The number of nitrogens with one attached hydrogen (secondary N) is 1. The molecule has 35 heavy (non-hydrogen) atoms. The van der Waals surface area contributed by atoms with Gasteiger partial charge in [0.2, 0.25) is 10.9 Å². The van der Waals surface area contributed by atoms with Gasteiger partial charge in [-0.2, -0.15) is 8.42 Å². The number of tetrazole rings is 1. The standard InChI is InChI=1S/C18H16N6O8S3/c25-13(9-4-2-1-3-5-9)14(26)19-11-15(27)24-12(17(28)29)10(6-33-16(11)24)7-34-18-20-21-22-23(18)8-35(30,31)32/h1-5,11,16H,6-8H2,(H,19,26)(H,28,29)(H,30,31,32)/t11-,16-/m1/s1. The van der Waals surface area contributed by atoms with E-state index >= 15 is 0 Å². The van der Waals surface area contributed by atoms with Gasteiger partial charge >= 0.3 is 5.97 Å². The Kier molecular flexibility index (Phi) is 6.93. The Bertz CT molecular complexity index is 1340. The van der Waals surface area contributed by atoms with Gasteiger partial charge in [0.25, 0.3) is 21.9 Å². The number of hydrogen-bond acceptors (Lipinski definition) is 11. The molecule has 1 aromatic heterocycles. The zero-order chi connectivity index (χ0) is 25.3. The molecule has 14 nitrogen and oxygen atoms in total. The van der Waals surface area contributed by atoms with Crippen molar-refractivity contribution in [2.75, 3.05) is 11.5 Å². The van der Waals surface area contributed by atoms with Gasteiger partial charge in [0.15, 0.2) is 5.88 Å². The topological polar surface area (TPSA) is 202 Å². The molecule has 4 rings (SSSR count). The van der Waals surface area contributed by atoms with Crippen LogP contribution in [0.25, 0.3) is 0 Å². The zero-order valence-electron chi connectivity index (χ0n) is 17.5. The number of hydrogen-bond donors (Lipinski definition) is 3. The zero-order valence-corrected chi connectivity index (χ0v) is 19.9. The number of thioether (sulfide) groups is 2. The first-order chi connectivity index (χ1) is 16.6. The summed E-state index contributed by atoms with van der Waals surface area (Å²) in [6.07, 6.45) is 0. The molecule has 1 fully saturated rings. The normalized spacial score (nSPS) is 19.7. The van der Waals surface area contributed by atoms with E-state index in [9.17, 15) is 32.7 Å². The highest BCUT2D eigenvalue weighted by Gasteiger charge is 2.54. The van der Waals surface area contributed by atoms with Crippen molar-refractivity contribution in [3.05, 3.63) is 47.2 Å². The van der Waals surface area contributed by atoms with Crippen molar-refractivity contribution in [3.63, 3.8) is 0 Å². The van der Waals surface area contributed by atoms with E-state index in [1.54, 1.807) is 18.2 Å². The molecule has 17 heteroatoms. The van der Waals surface area contributed by atoms with Crippen LogP contribution in [0.1, 0.15) is 10.4 Å². The minimum Gasteiger partial charge on any atom is -0.477 e. The summed E-state index contributed by atoms with van der Waals surface area (Å²) in [5, 5.41) is 21.9. The van der Waals surface area contributed by atoms with Gasteiger partial charge in [0.1, 0.15) is 17.1 Å². The van der Waals surface area contributed by atoms with E-state index in [1.165, 1.54) is 23.9 Å². The fourth-order valence-corrected chi connectivity index (χ4v) is 6.34. The molecule has 2 atom stereocenters. The first kappa shape index (κ1) is 24.8. The van der Waals surface area contributed by atoms with Gasteiger partial charge < -0.3 is 10.4 Å². The number of amides is 2. The van der Waals surface area contributed by atoms with Gasteiger partial charge in [-0.15, -0.1) is 16.9 Å². The van der Waals surface area contributed by atoms with Crippen LogP contribution in [-0.2, 0) is 30.4 Å². The fraction of sp³-hybridized carbons (Fsp3) is 0.278. The van der Waals surface area contributed by atoms with Gasteiger partial charge in [-0.1, -0.05) is 42.1 Å². The second-order valence-electron chi connectivity index (χ2n) is 7.27. The number of aromatic nitrogens is 4. The Labute approximate surface area is 205 Å². The van der Waals surface area contributed by atoms with E-state index in [1.807, 2.05) is 0 Å². The van der Waals surface area contributed by atoms with Crippen molar-refractivity contribution in [1.29, 1.82) is 0 Å². The Hall–Kier alpha value is -3.28. The van der Waals surface area contributed by atoms with Gasteiger partial charge in [-0.05, 0) is 16.0 Å². The molecule has 2 aliphatic heterocycles. The van der Waals surface area contributed by atoms with Gasteiger partial charge in [-0.25, -0.2) is 9.48 Å². The monoisotopic (exact) mass is 540 g/mol. The van der Waals surface area contributed by atoms with E-state index in [2.05, 4.69) is 20.8 Å². The number of aliphatic carboxylic acids is 1. The molecular weight excluding hydrogens is 524 g/mol. The lowest BCUT2D eigenvalue weighted by molar-refractivity contribution is -0.150. The van der Waals surface area contributed by atoms with Gasteiger partial charge in [0, 0.05) is 17.1 Å². The number of rotatable bonds is 9. The van der Waals surface area contributed by atoms with Crippen molar-refractivity contribution in [3.8, 4) is 0 Å². The summed E-state index contributed by atoms with van der Waals surface area (Å²) in [5.41, 5.74) is 0.246. The molecule has 184 valence electrons.